The highest BCUT2D eigenvalue weighted by Crippen LogP contribution is 2.25. The molecule has 12 nitrogen and oxygen atoms in total. The van der Waals surface area contributed by atoms with Crippen LogP contribution in [0.25, 0.3) is 11.1 Å². The van der Waals surface area contributed by atoms with Gasteiger partial charge in [0.15, 0.2) is 0 Å². The zero-order chi connectivity index (χ0) is 42.7. The normalized spacial score (nSPS) is 10.0. The minimum absolute atomic E-state index is 0.108. The van der Waals surface area contributed by atoms with Gasteiger partial charge in [-0.05, 0) is 135 Å². The van der Waals surface area contributed by atoms with E-state index in [2.05, 4.69) is 38.0 Å². The topological polar surface area (TPSA) is 181 Å². The van der Waals surface area contributed by atoms with Crippen LogP contribution in [0.2, 0.25) is 0 Å². The number of carboxylic acids is 1. The van der Waals surface area contributed by atoms with Crippen LogP contribution in [-0.2, 0) is 27.5 Å². The fraction of sp³-hybridized carbons (Fsp3) is 0.111. The van der Waals surface area contributed by atoms with Crippen molar-refractivity contribution in [2.45, 2.75) is 27.1 Å². The Bertz CT molecular complexity index is 2340. The number of halogens is 1. The highest BCUT2D eigenvalue weighted by molar-refractivity contribution is 14.1. The number of ether oxygens (including phenoxy) is 3. The average Bonchev–Trinajstić information content (AvgIpc) is 3.23. The SMILES string of the molecule is CC(=O)Nc1cccc(-c2ccc(OCc3cccc(C(=O)O)c3)cc2)c1.CC(=O)Nc1cccc(B(O)O)c1.COC(=O)c1cccc(COc2ccc(I)cc2)c1. The summed E-state index contributed by atoms with van der Waals surface area (Å²) in [6.07, 6.45) is 0. The molecule has 0 fully saturated rings. The Kier molecular flexibility index (Phi) is 17.7. The Balaban J connectivity index is 0.000000209. The zero-order valence-electron chi connectivity index (χ0n) is 32.4. The maximum absolute atomic E-state index is 11.4. The number of anilines is 2. The summed E-state index contributed by atoms with van der Waals surface area (Å²) in [5, 5.41) is 32.0. The molecule has 0 atom stereocenters. The third-order valence-corrected chi connectivity index (χ3v) is 8.74. The summed E-state index contributed by atoms with van der Waals surface area (Å²) < 4.78 is 17.3. The number of carbonyl (C=O) groups excluding carboxylic acids is 3. The first-order valence-corrected chi connectivity index (χ1v) is 19.1. The minimum atomic E-state index is -1.51. The van der Waals surface area contributed by atoms with Gasteiger partial charge in [-0.25, -0.2) is 9.59 Å². The number of methoxy groups -OCH3 is 1. The second kappa shape index (κ2) is 23.1. The lowest BCUT2D eigenvalue weighted by atomic mass is 9.80. The molecule has 5 N–H and O–H groups in total. The molecule has 6 aromatic carbocycles. The molecule has 59 heavy (non-hydrogen) atoms. The number of nitrogens with one attached hydrogen (secondary N) is 2. The van der Waals surface area contributed by atoms with Crippen LogP contribution in [0.1, 0.15) is 45.7 Å². The van der Waals surface area contributed by atoms with E-state index in [-0.39, 0.29) is 23.3 Å². The number of rotatable bonds is 12. The summed E-state index contributed by atoms with van der Waals surface area (Å²) in [4.78, 5) is 44.3. The molecular formula is C45H42BIN2O10. The van der Waals surface area contributed by atoms with Crippen molar-refractivity contribution in [1.29, 1.82) is 0 Å². The number of carbonyl (C=O) groups is 4. The summed E-state index contributed by atoms with van der Waals surface area (Å²) >= 11 is 2.25. The van der Waals surface area contributed by atoms with Crippen molar-refractivity contribution in [1.82, 2.24) is 0 Å². The molecule has 302 valence electrons. The quantitative estimate of drug-likeness (QED) is 0.0467. The highest BCUT2D eigenvalue weighted by Gasteiger charge is 2.11. The number of aromatic carboxylic acids is 1. The Morgan fingerprint density at radius 1 is 0.593 bits per heavy atom. The predicted octanol–water partition coefficient (Wildman–Crippen LogP) is 7.57. The van der Waals surface area contributed by atoms with Crippen LogP contribution >= 0.6 is 22.6 Å². The van der Waals surface area contributed by atoms with Gasteiger partial charge in [0.05, 0.1) is 18.2 Å². The number of esters is 1. The lowest BCUT2D eigenvalue weighted by molar-refractivity contribution is -0.115. The maximum atomic E-state index is 11.4. The van der Waals surface area contributed by atoms with E-state index < -0.39 is 13.1 Å². The third kappa shape index (κ3) is 15.8. The first kappa shape index (κ1) is 45.2. The van der Waals surface area contributed by atoms with Crippen molar-refractivity contribution >= 4 is 70.3 Å². The van der Waals surface area contributed by atoms with E-state index in [0.717, 1.165) is 37.3 Å². The smallest absolute Gasteiger partial charge is 0.488 e. The molecule has 14 heteroatoms. The first-order chi connectivity index (χ1) is 28.3. The Hall–Kier alpha value is -6.49. The van der Waals surface area contributed by atoms with Gasteiger partial charge in [-0.1, -0.05) is 60.7 Å². The van der Waals surface area contributed by atoms with Crippen molar-refractivity contribution in [2.75, 3.05) is 17.7 Å². The van der Waals surface area contributed by atoms with E-state index in [1.807, 2.05) is 91.0 Å². The molecule has 0 saturated heterocycles. The van der Waals surface area contributed by atoms with E-state index >= 15 is 0 Å². The van der Waals surface area contributed by atoms with Crippen LogP contribution in [0.4, 0.5) is 11.4 Å². The molecule has 6 aromatic rings. The number of benzene rings is 6. The monoisotopic (exact) mass is 908 g/mol. The van der Waals surface area contributed by atoms with Gasteiger partial charge in [0, 0.05) is 28.8 Å². The van der Waals surface area contributed by atoms with Crippen LogP contribution in [0, 0.1) is 3.57 Å². The molecular weight excluding hydrogens is 866 g/mol. The number of hydrogen-bond donors (Lipinski definition) is 5. The lowest BCUT2D eigenvalue weighted by Gasteiger charge is -2.09. The van der Waals surface area contributed by atoms with E-state index in [1.54, 1.807) is 48.5 Å². The molecule has 0 heterocycles. The molecule has 0 bridgehead atoms. The first-order valence-electron chi connectivity index (χ1n) is 18.0. The summed E-state index contributed by atoms with van der Waals surface area (Å²) in [6, 6.07) is 43.3. The van der Waals surface area contributed by atoms with Crippen LogP contribution in [-0.4, -0.2) is 53.1 Å². The summed E-state index contributed by atoms with van der Waals surface area (Å²) in [7, 11) is -0.134. The van der Waals surface area contributed by atoms with Crippen LogP contribution in [0.3, 0.4) is 0 Å². The Morgan fingerprint density at radius 2 is 1.08 bits per heavy atom. The van der Waals surface area contributed by atoms with Gasteiger partial charge >= 0.3 is 19.1 Å². The van der Waals surface area contributed by atoms with Crippen molar-refractivity contribution in [2.24, 2.45) is 0 Å². The lowest BCUT2D eigenvalue weighted by Crippen LogP contribution is -2.29. The molecule has 0 aliphatic rings. The van der Waals surface area contributed by atoms with Gasteiger partial charge in [0.2, 0.25) is 11.8 Å². The molecule has 0 aliphatic carbocycles. The Labute approximate surface area is 356 Å². The second-order valence-electron chi connectivity index (χ2n) is 12.7. The second-order valence-corrected chi connectivity index (χ2v) is 13.9. The van der Waals surface area contributed by atoms with Gasteiger partial charge in [-0.3, -0.25) is 9.59 Å². The van der Waals surface area contributed by atoms with Crippen LogP contribution in [0.5, 0.6) is 11.5 Å². The fourth-order valence-electron chi connectivity index (χ4n) is 5.27. The van der Waals surface area contributed by atoms with Crippen LogP contribution < -0.4 is 25.6 Å². The Morgan fingerprint density at radius 3 is 1.61 bits per heavy atom. The van der Waals surface area contributed by atoms with Gasteiger partial charge in [-0.15, -0.1) is 0 Å². The standard InChI is InChI=1S/C22H19NO4.C15H13IO3.C8H10BNO3/c1-15(24)23-20-7-3-5-18(13-20)17-8-10-21(11-9-17)27-14-16-4-2-6-19(12-16)22(25)26;1-18-15(17)12-4-2-3-11(9-12)10-19-14-7-5-13(16)6-8-14;1-6(11)10-8-4-2-3-7(5-8)9(12)13/h2-13H,14H2,1H3,(H,23,24)(H,25,26);2-9H,10H2,1H3;2-5,12-13H,1H3,(H,10,11). The zero-order valence-corrected chi connectivity index (χ0v) is 34.6. The molecule has 0 saturated carbocycles. The van der Waals surface area contributed by atoms with Crippen molar-refractivity contribution in [3.05, 3.63) is 171 Å². The predicted molar refractivity (Wildman–Crippen MR) is 236 cm³/mol. The van der Waals surface area contributed by atoms with E-state index in [4.69, 9.17) is 24.6 Å². The summed E-state index contributed by atoms with van der Waals surface area (Å²) in [5.41, 5.74) is 6.15. The molecule has 0 unspecified atom stereocenters. The van der Waals surface area contributed by atoms with E-state index in [1.165, 1.54) is 27.0 Å². The van der Waals surface area contributed by atoms with Crippen molar-refractivity contribution in [3.8, 4) is 22.6 Å². The highest BCUT2D eigenvalue weighted by atomic mass is 127. The fourth-order valence-corrected chi connectivity index (χ4v) is 5.63. The number of hydrogen-bond acceptors (Lipinski definition) is 9. The maximum Gasteiger partial charge on any atom is 0.488 e. The number of carboxylic acid groups (broad SMARTS) is 1. The largest absolute Gasteiger partial charge is 0.489 e. The molecule has 2 amide bonds. The van der Waals surface area contributed by atoms with E-state index in [9.17, 15) is 19.2 Å². The van der Waals surface area contributed by atoms with Gasteiger partial charge in [0.1, 0.15) is 24.7 Å². The molecule has 0 aromatic heterocycles. The third-order valence-electron chi connectivity index (χ3n) is 8.02. The average molecular weight is 909 g/mol. The van der Waals surface area contributed by atoms with Crippen molar-refractivity contribution in [3.63, 3.8) is 0 Å². The molecule has 0 spiro atoms. The molecule has 6 rings (SSSR count). The summed E-state index contributed by atoms with van der Waals surface area (Å²) in [6.45, 7) is 3.58. The van der Waals surface area contributed by atoms with Crippen LogP contribution in [0.15, 0.2) is 146 Å². The summed E-state index contributed by atoms with van der Waals surface area (Å²) in [5.74, 6) is -0.0902. The van der Waals surface area contributed by atoms with E-state index in [0.29, 0.717) is 35.7 Å². The van der Waals surface area contributed by atoms with Gasteiger partial charge in [-0.2, -0.15) is 0 Å². The van der Waals surface area contributed by atoms with Crippen molar-refractivity contribution < 1.29 is 48.5 Å². The molecule has 0 radical (unpaired) electrons. The van der Waals surface area contributed by atoms with Gasteiger partial charge < -0.3 is 40.0 Å². The molecule has 0 aliphatic heterocycles. The minimum Gasteiger partial charge on any atom is -0.489 e. The van der Waals surface area contributed by atoms with Gasteiger partial charge in [0.25, 0.3) is 0 Å². The number of amides is 2.